The lowest BCUT2D eigenvalue weighted by molar-refractivity contribution is -0.116. The SMILES string of the molecule is Cc1cc(C)nc(NS(=O)(=O)c2ccc(NC(=O)CCn3nc(C)c(Cl)c3C)cc2)n1. The summed E-state index contributed by atoms with van der Waals surface area (Å²) in [5.74, 6) is -0.208. The summed E-state index contributed by atoms with van der Waals surface area (Å²) in [4.78, 5) is 20.4. The topological polar surface area (TPSA) is 119 Å². The molecule has 0 unspecified atom stereocenters. The van der Waals surface area contributed by atoms with E-state index < -0.39 is 10.0 Å². The summed E-state index contributed by atoms with van der Waals surface area (Å²) in [6.45, 7) is 7.55. The fourth-order valence-electron chi connectivity index (χ4n) is 2.99. The van der Waals surface area contributed by atoms with Crippen LogP contribution >= 0.6 is 11.6 Å². The molecule has 0 aliphatic heterocycles. The molecule has 2 heterocycles. The first-order valence-corrected chi connectivity index (χ1v) is 11.4. The van der Waals surface area contributed by atoms with Gasteiger partial charge >= 0.3 is 0 Å². The standard InChI is InChI=1S/C20H23ClN6O3S/c1-12-11-13(2)23-20(22-12)26-31(29,30)17-7-5-16(6-8-17)24-18(28)9-10-27-15(4)19(21)14(3)25-27/h5-8,11H,9-10H2,1-4H3,(H,24,28)(H,22,23,26). The van der Waals surface area contributed by atoms with Crippen LogP contribution in [0.4, 0.5) is 11.6 Å². The molecule has 2 N–H and O–H groups in total. The number of anilines is 2. The van der Waals surface area contributed by atoms with Gasteiger partial charge in [0.2, 0.25) is 11.9 Å². The van der Waals surface area contributed by atoms with E-state index in [1.165, 1.54) is 24.3 Å². The minimum Gasteiger partial charge on any atom is -0.326 e. The molecule has 0 saturated heterocycles. The van der Waals surface area contributed by atoms with Gasteiger partial charge in [-0.2, -0.15) is 5.10 Å². The summed E-state index contributed by atoms with van der Waals surface area (Å²) in [6.07, 6.45) is 0.198. The second-order valence-electron chi connectivity index (χ2n) is 7.11. The zero-order chi connectivity index (χ0) is 22.8. The maximum atomic E-state index is 12.6. The Hall–Kier alpha value is -2.98. The summed E-state index contributed by atoms with van der Waals surface area (Å²) in [5.41, 5.74) is 3.33. The molecule has 0 spiro atoms. The summed E-state index contributed by atoms with van der Waals surface area (Å²) < 4.78 is 29.2. The van der Waals surface area contributed by atoms with Crippen molar-refractivity contribution in [2.24, 2.45) is 0 Å². The Kier molecular flexibility index (Phi) is 6.61. The quantitative estimate of drug-likeness (QED) is 0.555. The van der Waals surface area contributed by atoms with Crippen molar-refractivity contribution < 1.29 is 13.2 Å². The number of carbonyl (C=O) groups is 1. The van der Waals surface area contributed by atoms with Crippen molar-refractivity contribution >= 4 is 39.2 Å². The Morgan fingerprint density at radius 2 is 1.68 bits per heavy atom. The van der Waals surface area contributed by atoms with E-state index in [4.69, 9.17) is 11.6 Å². The number of amides is 1. The molecule has 2 aromatic heterocycles. The van der Waals surface area contributed by atoms with Crippen molar-refractivity contribution in [1.82, 2.24) is 19.7 Å². The van der Waals surface area contributed by atoms with Crippen LogP contribution in [-0.2, 0) is 21.4 Å². The smallest absolute Gasteiger partial charge is 0.264 e. The molecule has 9 nitrogen and oxygen atoms in total. The lowest BCUT2D eigenvalue weighted by Crippen LogP contribution is -2.17. The number of aromatic nitrogens is 4. The molecule has 0 radical (unpaired) electrons. The predicted molar refractivity (Wildman–Crippen MR) is 119 cm³/mol. The third-order valence-electron chi connectivity index (χ3n) is 4.50. The molecule has 3 rings (SSSR count). The number of carbonyl (C=O) groups excluding carboxylic acids is 1. The zero-order valence-electron chi connectivity index (χ0n) is 17.6. The second kappa shape index (κ2) is 9.03. The van der Waals surface area contributed by atoms with Crippen molar-refractivity contribution in [3.8, 4) is 0 Å². The van der Waals surface area contributed by atoms with E-state index in [1.54, 1.807) is 24.6 Å². The molecule has 1 aromatic carbocycles. The van der Waals surface area contributed by atoms with Gasteiger partial charge in [-0.1, -0.05) is 11.6 Å². The number of nitrogens with zero attached hydrogens (tertiary/aromatic N) is 4. The van der Waals surface area contributed by atoms with Gasteiger partial charge in [-0.3, -0.25) is 9.48 Å². The summed E-state index contributed by atoms with van der Waals surface area (Å²) in [6, 6.07) is 7.60. The van der Waals surface area contributed by atoms with Gasteiger partial charge in [-0.05, 0) is 58.0 Å². The molecule has 0 bridgehead atoms. The Bertz CT molecular complexity index is 1200. The lowest BCUT2D eigenvalue weighted by Gasteiger charge is -2.10. The normalized spacial score (nSPS) is 11.4. The van der Waals surface area contributed by atoms with Crippen LogP contribution in [0, 0.1) is 27.7 Å². The molecule has 0 saturated carbocycles. The fourth-order valence-corrected chi connectivity index (χ4v) is 4.07. The Balaban J connectivity index is 1.62. The predicted octanol–water partition coefficient (Wildman–Crippen LogP) is 3.39. The summed E-state index contributed by atoms with van der Waals surface area (Å²) in [5, 5.41) is 7.63. The van der Waals surface area contributed by atoms with Gasteiger partial charge in [0, 0.05) is 23.5 Å². The number of hydrogen-bond donors (Lipinski definition) is 2. The van der Waals surface area contributed by atoms with Gasteiger partial charge in [0.1, 0.15) is 0 Å². The van der Waals surface area contributed by atoms with Gasteiger partial charge in [-0.15, -0.1) is 0 Å². The number of hydrogen-bond acceptors (Lipinski definition) is 6. The van der Waals surface area contributed by atoms with E-state index in [0.29, 0.717) is 28.6 Å². The van der Waals surface area contributed by atoms with Crippen molar-refractivity contribution in [1.29, 1.82) is 0 Å². The van der Waals surface area contributed by atoms with Gasteiger partial charge in [0.05, 0.1) is 27.9 Å². The Morgan fingerprint density at radius 1 is 1.06 bits per heavy atom. The van der Waals surface area contributed by atoms with Gasteiger partial charge in [0.15, 0.2) is 0 Å². The van der Waals surface area contributed by atoms with Crippen LogP contribution in [0.1, 0.15) is 29.2 Å². The minimum absolute atomic E-state index is 0.0131. The van der Waals surface area contributed by atoms with Crippen LogP contribution in [0.3, 0.4) is 0 Å². The van der Waals surface area contributed by atoms with Crippen molar-refractivity contribution in [3.05, 3.63) is 58.1 Å². The van der Waals surface area contributed by atoms with Crippen molar-refractivity contribution in [3.63, 3.8) is 0 Å². The number of aryl methyl sites for hydroxylation is 4. The Labute approximate surface area is 185 Å². The maximum Gasteiger partial charge on any atom is 0.264 e. The number of nitrogens with one attached hydrogen (secondary N) is 2. The number of halogens is 1. The van der Waals surface area contributed by atoms with Crippen LogP contribution in [0.15, 0.2) is 35.2 Å². The highest BCUT2D eigenvalue weighted by molar-refractivity contribution is 7.92. The highest BCUT2D eigenvalue weighted by Gasteiger charge is 2.16. The fraction of sp³-hybridized carbons (Fsp3) is 0.300. The molecular weight excluding hydrogens is 440 g/mol. The van der Waals surface area contributed by atoms with Gasteiger partial charge < -0.3 is 5.32 Å². The first-order valence-electron chi connectivity index (χ1n) is 9.49. The third kappa shape index (κ3) is 5.59. The Morgan fingerprint density at radius 3 is 2.23 bits per heavy atom. The molecule has 0 atom stereocenters. The van der Waals surface area contributed by atoms with E-state index in [9.17, 15) is 13.2 Å². The molecule has 164 valence electrons. The first-order chi connectivity index (χ1) is 14.5. The maximum absolute atomic E-state index is 12.6. The van der Waals surface area contributed by atoms with Gasteiger partial charge in [0.25, 0.3) is 10.0 Å². The average molecular weight is 463 g/mol. The van der Waals surface area contributed by atoms with Crippen LogP contribution in [0.25, 0.3) is 0 Å². The second-order valence-corrected chi connectivity index (χ2v) is 9.17. The van der Waals surface area contributed by atoms with Crippen LogP contribution in [0.5, 0.6) is 0 Å². The molecule has 0 aliphatic rings. The first kappa shape index (κ1) is 22.7. The van der Waals surface area contributed by atoms with Crippen LogP contribution < -0.4 is 10.0 Å². The monoisotopic (exact) mass is 462 g/mol. The molecule has 31 heavy (non-hydrogen) atoms. The zero-order valence-corrected chi connectivity index (χ0v) is 19.2. The van der Waals surface area contributed by atoms with Gasteiger partial charge in [-0.25, -0.2) is 23.1 Å². The third-order valence-corrected chi connectivity index (χ3v) is 6.39. The van der Waals surface area contributed by atoms with Crippen molar-refractivity contribution in [2.45, 2.75) is 45.6 Å². The van der Waals surface area contributed by atoms with Crippen LogP contribution in [0.2, 0.25) is 5.02 Å². The molecule has 3 aromatic rings. The number of rotatable bonds is 7. The van der Waals surface area contributed by atoms with E-state index in [-0.39, 0.29) is 23.2 Å². The molecule has 0 fully saturated rings. The van der Waals surface area contributed by atoms with E-state index >= 15 is 0 Å². The van der Waals surface area contributed by atoms with Crippen LogP contribution in [-0.4, -0.2) is 34.1 Å². The van der Waals surface area contributed by atoms with Crippen molar-refractivity contribution in [2.75, 3.05) is 10.0 Å². The minimum atomic E-state index is -3.86. The largest absolute Gasteiger partial charge is 0.326 e. The average Bonchev–Trinajstić information content (AvgIpc) is 2.92. The summed E-state index contributed by atoms with van der Waals surface area (Å²) >= 11 is 6.12. The lowest BCUT2D eigenvalue weighted by atomic mass is 10.3. The summed E-state index contributed by atoms with van der Waals surface area (Å²) in [7, 11) is -3.86. The van der Waals surface area contributed by atoms with E-state index in [2.05, 4.69) is 25.1 Å². The highest BCUT2D eigenvalue weighted by Crippen LogP contribution is 2.20. The highest BCUT2D eigenvalue weighted by atomic mass is 35.5. The number of sulfonamides is 1. The van der Waals surface area contributed by atoms with E-state index in [1.807, 2.05) is 13.8 Å². The number of benzene rings is 1. The molecular formula is C20H23ClN6O3S. The van der Waals surface area contributed by atoms with E-state index in [0.717, 1.165) is 11.4 Å². The molecule has 11 heteroatoms. The molecule has 1 amide bonds. The molecule has 0 aliphatic carbocycles.